The minimum absolute atomic E-state index is 0.0555. The third-order valence-corrected chi connectivity index (χ3v) is 12.0. The number of hydrogen-bond donors (Lipinski definition) is 0. The van der Waals surface area contributed by atoms with Gasteiger partial charge in [-0.25, -0.2) is 14.8 Å². The van der Waals surface area contributed by atoms with Crippen LogP contribution in [0.3, 0.4) is 0 Å². The second-order valence-corrected chi connectivity index (χ2v) is 16.9. The van der Waals surface area contributed by atoms with Crippen molar-refractivity contribution in [3.63, 3.8) is 0 Å². The van der Waals surface area contributed by atoms with Crippen molar-refractivity contribution in [1.29, 1.82) is 5.26 Å². The lowest BCUT2D eigenvalue weighted by molar-refractivity contribution is 0.0240. The van der Waals surface area contributed by atoms with Gasteiger partial charge in [0, 0.05) is 67.6 Å². The van der Waals surface area contributed by atoms with E-state index in [0.717, 1.165) is 59.9 Å². The zero-order valence-electron chi connectivity index (χ0n) is 30.5. The number of aliphatic imine (C=N–C) groups is 1. The van der Waals surface area contributed by atoms with E-state index in [1.165, 1.54) is 16.4 Å². The van der Waals surface area contributed by atoms with Gasteiger partial charge in [-0.3, -0.25) is 4.90 Å². The number of anilines is 1. The molecular formula is C36H49N9O3S2. The molecule has 1 aliphatic carbocycles. The smallest absolute Gasteiger partial charge is 0.410 e. The van der Waals surface area contributed by atoms with E-state index in [2.05, 4.69) is 47.8 Å². The molecule has 1 amide bonds. The van der Waals surface area contributed by atoms with Crippen molar-refractivity contribution in [2.45, 2.75) is 89.9 Å². The Bertz CT molecular complexity index is 1770. The molecule has 2 saturated heterocycles. The highest BCUT2D eigenvalue weighted by atomic mass is 32.1. The van der Waals surface area contributed by atoms with Crippen LogP contribution in [0.5, 0.6) is 5.88 Å². The van der Waals surface area contributed by atoms with Gasteiger partial charge in [0.15, 0.2) is 5.82 Å². The van der Waals surface area contributed by atoms with E-state index < -0.39 is 5.60 Å². The van der Waals surface area contributed by atoms with Crippen LogP contribution in [-0.2, 0) is 16.6 Å². The zero-order chi connectivity index (χ0) is 35.8. The highest BCUT2D eigenvalue weighted by molar-refractivity contribution is 7.16. The maximum atomic E-state index is 12.8. The Morgan fingerprint density at radius 1 is 1.18 bits per heavy atom. The van der Waals surface area contributed by atoms with Crippen LogP contribution in [0.4, 0.5) is 15.6 Å². The van der Waals surface area contributed by atoms with E-state index in [-0.39, 0.29) is 17.6 Å². The van der Waals surface area contributed by atoms with Crippen LogP contribution >= 0.6 is 22.9 Å². The number of fused-ring (bicyclic) bond motifs is 1. The van der Waals surface area contributed by atoms with Crippen molar-refractivity contribution in [3.8, 4) is 23.5 Å². The summed E-state index contributed by atoms with van der Waals surface area (Å²) >= 11 is 3.07. The average molecular weight is 720 g/mol. The number of amides is 1. The minimum Gasteiger partial charge on any atom is -0.473 e. The van der Waals surface area contributed by atoms with Gasteiger partial charge in [0.2, 0.25) is 5.88 Å². The van der Waals surface area contributed by atoms with Crippen LogP contribution in [0.1, 0.15) is 81.2 Å². The molecule has 0 unspecified atom stereocenters. The number of aromatic nitrogens is 3. The maximum Gasteiger partial charge on any atom is 0.410 e. The van der Waals surface area contributed by atoms with Gasteiger partial charge in [-0.2, -0.15) is 14.6 Å². The van der Waals surface area contributed by atoms with Gasteiger partial charge < -0.3 is 24.2 Å². The van der Waals surface area contributed by atoms with Gasteiger partial charge in [-0.15, -0.1) is 11.3 Å². The van der Waals surface area contributed by atoms with Gasteiger partial charge in [0.25, 0.3) is 0 Å². The van der Waals surface area contributed by atoms with Gasteiger partial charge in [0.05, 0.1) is 11.9 Å². The number of likely N-dealkylation sites (N-methyl/N-ethyl adjacent to an activating group) is 1. The normalized spacial score (nSPS) is 22.0. The predicted octanol–water partition coefficient (Wildman–Crippen LogP) is 6.32. The molecule has 12 nitrogen and oxygen atoms in total. The molecule has 2 fully saturated rings. The number of rotatable bonds is 8. The zero-order valence-corrected chi connectivity index (χ0v) is 32.2. The molecule has 0 saturated carbocycles. The van der Waals surface area contributed by atoms with Crippen LogP contribution in [-0.4, -0.2) is 113 Å². The van der Waals surface area contributed by atoms with Crippen molar-refractivity contribution < 1.29 is 14.3 Å². The molecule has 3 atom stereocenters. The van der Waals surface area contributed by atoms with Crippen LogP contribution in [0.25, 0.3) is 11.5 Å². The standard InChI is InChI=1S/C36H49N9O3S2/c1-23(26-11-10-14-43(26)8)47-30-20-29(44-15-17-45(18-16-44)34(46)48-35(2,3)4)39-32(40-30)25-19-28(50-41-25)36(5)13-9-12-27-31(36)24(21-37)33(49-27)38-22-42(6)7/h19-20,22-23,26H,9-18H2,1-8H3/b38-22+/t23-,26-,36+/m0/s1. The quantitative estimate of drug-likeness (QED) is 0.193. The van der Waals surface area contributed by atoms with Crippen LogP contribution in [0, 0.1) is 11.3 Å². The van der Waals surface area contributed by atoms with E-state index in [4.69, 9.17) is 23.8 Å². The first kappa shape index (κ1) is 36.0. The SMILES string of the molecule is C[C@H](Oc1cc(N2CCN(C(=O)OC(C)(C)C)CC2)nc(-c2cc([C@@]3(C)CCCc4sc(/N=C/N(C)C)c(C#N)c43)sn2)n1)[C@@H]1CCCN1C. The van der Waals surface area contributed by atoms with Crippen molar-refractivity contribution in [2.75, 3.05) is 58.8 Å². The molecule has 268 valence electrons. The van der Waals surface area contributed by atoms with Crippen LogP contribution in [0.15, 0.2) is 17.1 Å². The number of carbonyl (C=O) groups is 1. The summed E-state index contributed by atoms with van der Waals surface area (Å²) in [5, 5.41) is 11.1. The molecule has 3 aromatic heterocycles. The molecule has 2 aliphatic heterocycles. The molecule has 0 radical (unpaired) electrons. The summed E-state index contributed by atoms with van der Waals surface area (Å²) in [5.41, 5.74) is 1.49. The van der Waals surface area contributed by atoms with Crippen LogP contribution in [0.2, 0.25) is 0 Å². The number of thiophene rings is 1. The van der Waals surface area contributed by atoms with Gasteiger partial charge >= 0.3 is 6.09 Å². The lowest BCUT2D eigenvalue weighted by Crippen LogP contribution is -2.50. The summed E-state index contributed by atoms with van der Waals surface area (Å²) in [6, 6.07) is 6.81. The predicted molar refractivity (Wildman–Crippen MR) is 199 cm³/mol. The number of nitrogens with zero attached hydrogens (tertiary/aromatic N) is 9. The number of piperazine rings is 1. The summed E-state index contributed by atoms with van der Waals surface area (Å²) < 4.78 is 17.1. The van der Waals surface area contributed by atoms with Gasteiger partial charge in [-0.1, -0.05) is 6.92 Å². The Hall–Kier alpha value is -3.80. The molecule has 3 aromatic rings. The third-order valence-electron chi connectivity index (χ3n) is 9.77. The highest BCUT2D eigenvalue weighted by Crippen LogP contribution is 2.51. The molecule has 6 rings (SSSR count). The Kier molecular flexibility index (Phi) is 10.4. The summed E-state index contributed by atoms with van der Waals surface area (Å²) in [5.74, 6) is 1.76. The third kappa shape index (κ3) is 7.60. The summed E-state index contributed by atoms with van der Waals surface area (Å²) in [7, 11) is 6.00. The van der Waals surface area contributed by atoms with E-state index in [0.29, 0.717) is 55.2 Å². The molecule has 0 N–H and O–H groups in total. The average Bonchev–Trinajstić information content (AvgIpc) is 3.82. The Morgan fingerprint density at radius 3 is 2.60 bits per heavy atom. The number of carbonyl (C=O) groups excluding carboxylic acids is 1. The van der Waals surface area contributed by atoms with Crippen molar-refractivity contribution in [3.05, 3.63) is 33.0 Å². The molecule has 0 aromatic carbocycles. The molecular weight excluding hydrogens is 671 g/mol. The number of aryl methyl sites for hydroxylation is 1. The second kappa shape index (κ2) is 14.4. The molecule has 50 heavy (non-hydrogen) atoms. The van der Waals surface area contributed by atoms with Crippen LogP contribution < -0.4 is 9.64 Å². The molecule has 0 spiro atoms. The largest absolute Gasteiger partial charge is 0.473 e. The maximum absolute atomic E-state index is 12.8. The fourth-order valence-electron chi connectivity index (χ4n) is 7.19. The lowest BCUT2D eigenvalue weighted by atomic mass is 9.71. The Balaban J connectivity index is 1.31. The molecule has 5 heterocycles. The Labute approximate surface area is 303 Å². The van der Waals surface area contributed by atoms with E-state index >= 15 is 0 Å². The number of ether oxygens (including phenoxy) is 2. The first-order chi connectivity index (χ1) is 23.8. The number of likely N-dealkylation sites (tertiary alicyclic amines) is 1. The molecule has 3 aliphatic rings. The fourth-order valence-corrected chi connectivity index (χ4v) is 9.35. The lowest BCUT2D eigenvalue weighted by Gasteiger charge is -2.36. The summed E-state index contributed by atoms with van der Waals surface area (Å²) in [6.07, 6.45) is 6.51. The second-order valence-electron chi connectivity index (χ2n) is 15.0. The Morgan fingerprint density at radius 2 is 1.94 bits per heavy atom. The van der Waals surface area contributed by atoms with Crippen molar-refractivity contribution in [1.82, 2.24) is 29.0 Å². The van der Waals surface area contributed by atoms with E-state index in [9.17, 15) is 10.1 Å². The van der Waals surface area contributed by atoms with E-state index in [1.807, 2.05) is 45.8 Å². The molecule has 14 heteroatoms. The summed E-state index contributed by atoms with van der Waals surface area (Å²) in [4.78, 5) is 37.9. The topological polar surface area (TPSA) is 123 Å². The van der Waals surface area contributed by atoms with Gasteiger partial charge in [-0.05, 0) is 96.6 Å². The van der Waals surface area contributed by atoms with E-state index in [1.54, 1.807) is 22.6 Å². The van der Waals surface area contributed by atoms with Crippen molar-refractivity contribution in [2.24, 2.45) is 4.99 Å². The first-order valence-electron chi connectivity index (χ1n) is 17.5. The fraction of sp³-hybridized carbons (Fsp3) is 0.611. The summed E-state index contributed by atoms with van der Waals surface area (Å²) in [6.45, 7) is 13.3. The van der Waals surface area contributed by atoms with Gasteiger partial charge in [0.1, 0.15) is 34.3 Å². The van der Waals surface area contributed by atoms with Crippen molar-refractivity contribution >= 4 is 46.1 Å². The molecule has 0 bridgehead atoms. The first-order valence-corrected chi connectivity index (χ1v) is 19.1. The minimum atomic E-state index is -0.545. The number of hydrogen-bond acceptors (Lipinski definition) is 12. The monoisotopic (exact) mass is 719 g/mol. The highest BCUT2D eigenvalue weighted by Gasteiger charge is 2.41. The number of nitriles is 1.